The number of hydrogen-bond donors (Lipinski definition) is 1. The molecule has 82 valence electrons. The van der Waals surface area contributed by atoms with Crippen LogP contribution in [0.15, 0.2) is 5.11 Å². The molecule has 0 unspecified atom stereocenters. The second-order valence-electron chi connectivity index (χ2n) is 3.42. The molecule has 4 heteroatoms. The van der Waals surface area contributed by atoms with Gasteiger partial charge in [-0.2, -0.15) is 5.53 Å². The summed E-state index contributed by atoms with van der Waals surface area (Å²) in [4.78, 5) is 0. The second-order valence-corrected chi connectivity index (χ2v) is 3.42. The van der Waals surface area contributed by atoms with E-state index in [9.17, 15) is 0 Å². The molecular weight excluding hydrogens is 192 g/mol. The van der Waals surface area contributed by atoms with Crippen LogP contribution in [0.4, 0.5) is 5.69 Å². The van der Waals surface area contributed by atoms with Crippen molar-refractivity contribution in [3.8, 4) is 11.5 Å². The van der Waals surface area contributed by atoms with Gasteiger partial charge < -0.3 is 9.47 Å². The molecule has 0 amide bonds. The lowest BCUT2D eigenvalue weighted by molar-refractivity contribution is -0.210. The van der Waals surface area contributed by atoms with Gasteiger partial charge in [-0.1, -0.05) is 0 Å². The van der Waals surface area contributed by atoms with Crippen molar-refractivity contribution < 1.29 is 15.0 Å². The average molecular weight is 209 g/mol. The first-order valence-electron chi connectivity index (χ1n) is 4.71. The smallest absolute Gasteiger partial charge is 0.175 e. The van der Waals surface area contributed by atoms with Gasteiger partial charge in [-0.25, -0.2) is 0 Å². The number of ether oxygens (including phenoxy) is 2. The van der Waals surface area contributed by atoms with Gasteiger partial charge in [0, 0.05) is 5.56 Å². The molecule has 2 N–H and O–H groups in total. The van der Waals surface area contributed by atoms with Crippen LogP contribution < -0.4 is 15.0 Å². The Bertz CT molecular complexity index is 400. The van der Waals surface area contributed by atoms with Gasteiger partial charge in [-0.3, -0.25) is 0 Å². The topological polar surface area (TPSA) is 56.4 Å². The lowest BCUT2D eigenvalue weighted by Gasteiger charge is -2.16. The van der Waals surface area contributed by atoms with Crippen LogP contribution in [-0.4, -0.2) is 14.2 Å². The quantitative estimate of drug-likeness (QED) is 0.766. The molecule has 0 fully saturated rings. The van der Waals surface area contributed by atoms with Crippen LogP contribution in [0.2, 0.25) is 0 Å². The normalized spacial score (nSPS) is 9.93. The molecule has 0 aliphatic carbocycles. The van der Waals surface area contributed by atoms with E-state index in [4.69, 9.17) is 15.0 Å². The molecule has 0 atom stereocenters. The van der Waals surface area contributed by atoms with Crippen LogP contribution in [0, 0.1) is 20.8 Å². The Morgan fingerprint density at radius 1 is 0.867 bits per heavy atom. The Balaban J connectivity index is 3.64. The summed E-state index contributed by atoms with van der Waals surface area (Å²) < 4.78 is 10.6. The molecular formula is C11H17N2O2+. The maximum atomic E-state index is 5.36. The number of nitrogens with two attached hydrogens (primary N) is 1. The summed E-state index contributed by atoms with van der Waals surface area (Å²) in [7, 11) is 3.25. The molecule has 0 heterocycles. The van der Waals surface area contributed by atoms with Gasteiger partial charge in [0.2, 0.25) is 0 Å². The first-order chi connectivity index (χ1) is 7.08. The predicted molar refractivity (Wildman–Crippen MR) is 57.8 cm³/mol. The van der Waals surface area contributed by atoms with E-state index in [0.29, 0.717) is 11.4 Å². The Hall–Kier alpha value is -1.58. The van der Waals surface area contributed by atoms with Crippen LogP contribution in [-0.2, 0) is 0 Å². The molecule has 1 rings (SSSR count). The Kier molecular flexibility index (Phi) is 3.29. The summed E-state index contributed by atoms with van der Waals surface area (Å²) in [5.41, 5.74) is 9.00. The average Bonchev–Trinajstić information content (AvgIpc) is 2.23. The molecule has 0 radical (unpaired) electrons. The monoisotopic (exact) mass is 209 g/mol. The fraction of sp³-hybridized carbons (Fsp3) is 0.455. The van der Waals surface area contributed by atoms with Crippen molar-refractivity contribution >= 4 is 5.69 Å². The Morgan fingerprint density at radius 2 is 1.40 bits per heavy atom. The highest BCUT2D eigenvalue weighted by Crippen LogP contribution is 2.42. The van der Waals surface area contributed by atoms with E-state index >= 15 is 0 Å². The third-order valence-corrected chi connectivity index (χ3v) is 2.69. The molecule has 0 spiro atoms. The molecule has 0 aliphatic heterocycles. The third kappa shape index (κ3) is 1.67. The van der Waals surface area contributed by atoms with Gasteiger partial charge in [0.05, 0.1) is 14.2 Å². The van der Waals surface area contributed by atoms with E-state index in [1.54, 1.807) is 14.2 Å². The van der Waals surface area contributed by atoms with Crippen molar-refractivity contribution in [2.24, 2.45) is 5.11 Å². The van der Waals surface area contributed by atoms with Crippen LogP contribution in [0.25, 0.3) is 0 Å². The minimum absolute atomic E-state index is 0.678. The van der Waals surface area contributed by atoms with Crippen LogP contribution >= 0.6 is 0 Å². The molecule has 0 saturated carbocycles. The summed E-state index contributed by atoms with van der Waals surface area (Å²) in [6.07, 6.45) is 0. The highest BCUT2D eigenvalue weighted by Gasteiger charge is 2.19. The number of hydrogen-bond acceptors (Lipinski definition) is 3. The van der Waals surface area contributed by atoms with Crippen molar-refractivity contribution in [3.05, 3.63) is 16.7 Å². The molecule has 0 aliphatic rings. The fourth-order valence-corrected chi connectivity index (χ4v) is 1.79. The van der Waals surface area contributed by atoms with E-state index in [1.807, 2.05) is 20.8 Å². The lowest BCUT2D eigenvalue weighted by atomic mass is 10.0. The standard InChI is InChI=1S/C11H16N2O2/c1-6-7(2)10(14-4)8(3)11(15-5)9(6)13-12/h12H,1-5H3/p+1. The van der Waals surface area contributed by atoms with Gasteiger partial charge in [-0.15, -0.1) is 0 Å². The summed E-state index contributed by atoms with van der Waals surface area (Å²) >= 11 is 0. The minimum atomic E-state index is 0.678. The lowest BCUT2D eigenvalue weighted by Crippen LogP contribution is -2.22. The van der Waals surface area contributed by atoms with Crippen molar-refractivity contribution in [1.82, 2.24) is 0 Å². The van der Waals surface area contributed by atoms with Crippen molar-refractivity contribution in [1.29, 1.82) is 0 Å². The molecule has 0 bridgehead atoms. The second kappa shape index (κ2) is 4.29. The van der Waals surface area contributed by atoms with E-state index < -0.39 is 0 Å². The number of rotatable bonds is 3. The summed E-state index contributed by atoms with van der Waals surface area (Å²) in [6, 6.07) is 0. The fourth-order valence-electron chi connectivity index (χ4n) is 1.79. The highest BCUT2D eigenvalue weighted by atomic mass is 16.5. The van der Waals surface area contributed by atoms with Gasteiger partial charge >= 0.3 is 0 Å². The Morgan fingerprint density at radius 3 is 1.80 bits per heavy atom. The first kappa shape index (κ1) is 11.5. The molecule has 1 aromatic rings. The number of methoxy groups -OCH3 is 2. The van der Waals surface area contributed by atoms with Crippen molar-refractivity contribution in [2.45, 2.75) is 20.8 Å². The maximum absolute atomic E-state index is 5.36. The summed E-state index contributed by atoms with van der Waals surface area (Å²) in [5, 5.41) is 3.76. The zero-order valence-electron chi connectivity index (χ0n) is 9.84. The molecule has 4 nitrogen and oxygen atoms in total. The van der Waals surface area contributed by atoms with E-state index in [2.05, 4.69) is 5.11 Å². The van der Waals surface area contributed by atoms with E-state index in [1.165, 1.54) is 0 Å². The third-order valence-electron chi connectivity index (χ3n) is 2.69. The summed E-state index contributed by atoms with van der Waals surface area (Å²) in [5.74, 6) is 1.51. The van der Waals surface area contributed by atoms with Crippen LogP contribution in [0.5, 0.6) is 11.5 Å². The van der Waals surface area contributed by atoms with Crippen molar-refractivity contribution in [2.75, 3.05) is 14.2 Å². The summed E-state index contributed by atoms with van der Waals surface area (Å²) in [6.45, 7) is 5.86. The van der Waals surface area contributed by atoms with Gasteiger partial charge in [0.1, 0.15) is 5.75 Å². The largest absolute Gasteiger partial charge is 0.496 e. The molecule has 0 aromatic heterocycles. The number of benzene rings is 1. The van der Waals surface area contributed by atoms with Crippen LogP contribution in [0.3, 0.4) is 0 Å². The van der Waals surface area contributed by atoms with Gasteiger partial charge in [0.25, 0.3) is 0 Å². The van der Waals surface area contributed by atoms with E-state index in [-0.39, 0.29) is 0 Å². The van der Waals surface area contributed by atoms with E-state index in [0.717, 1.165) is 22.4 Å². The highest BCUT2D eigenvalue weighted by molar-refractivity contribution is 5.68. The molecule has 0 saturated heterocycles. The Labute approximate surface area is 89.7 Å². The minimum Gasteiger partial charge on any atom is -0.496 e. The van der Waals surface area contributed by atoms with Gasteiger partial charge in [0.15, 0.2) is 11.4 Å². The molecule has 1 aromatic carbocycles. The number of nitrogens with zero attached hydrogens (tertiary/aromatic N) is 1. The maximum Gasteiger partial charge on any atom is 0.175 e. The zero-order chi connectivity index (χ0) is 11.6. The predicted octanol–water partition coefficient (Wildman–Crippen LogP) is 1.47. The van der Waals surface area contributed by atoms with Crippen LogP contribution in [0.1, 0.15) is 16.7 Å². The molecule has 15 heavy (non-hydrogen) atoms. The van der Waals surface area contributed by atoms with Gasteiger partial charge in [-0.05, 0) is 37.0 Å². The zero-order valence-corrected chi connectivity index (χ0v) is 9.84. The SMILES string of the molecule is COc1c(C)c(C)c(N=[NH2+])c(OC)c1C. The first-order valence-corrected chi connectivity index (χ1v) is 4.71. The van der Waals surface area contributed by atoms with Crippen molar-refractivity contribution in [3.63, 3.8) is 0 Å².